The van der Waals surface area contributed by atoms with Crippen LogP contribution >= 0.6 is 0 Å². The highest BCUT2D eigenvalue weighted by molar-refractivity contribution is 7.84. The summed E-state index contributed by atoms with van der Waals surface area (Å²) in [5.41, 5.74) is 5.73. The predicted molar refractivity (Wildman–Crippen MR) is 88.9 cm³/mol. The Labute approximate surface area is 134 Å². The quantitative estimate of drug-likeness (QED) is 0.308. The topological polar surface area (TPSA) is 96.9 Å². The second-order valence-electron chi connectivity index (χ2n) is 6.28. The molecular formula is C15H25N3O3S. The summed E-state index contributed by atoms with van der Waals surface area (Å²) in [4.78, 5) is 0. The van der Waals surface area contributed by atoms with E-state index in [0.717, 1.165) is 5.56 Å². The number of oxime groups is 1. The molecule has 0 radical (unpaired) electrons. The minimum absolute atomic E-state index is 0.0711. The molecule has 0 aromatic heterocycles. The minimum Gasteiger partial charge on any atom is -0.409 e. The number of amidine groups is 1. The Morgan fingerprint density at radius 1 is 1.32 bits per heavy atom. The second-order valence-corrected chi connectivity index (χ2v) is 8.25. The second kappa shape index (κ2) is 7.71. The van der Waals surface area contributed by atoms with E-state index in [2.05, 4.69) is 9.88 Å². The maximum Gasteiger partial charge on any atom is 0.162 e. The number of benzene rings is 1. The van der Waals surface area contributed by atoms with E-state index in [9.17, 15) is 4.21 Å². The highest BCUT2D eigenvalue weighted by Crippen LogP contribution is 2.15. The number of rotatable bonds is 7. The Morgan fingerprint density at radius 2 is 1.91 bits per heavy atom. The first-order chi connectivity index (χ1) is 10.2. The van der Waals surface area contributed by atoms with Crippen LogP contribution in [0.5, 0.6) is 0 Å². The number of hydrogen-bond acceptors (Lipinski definition) is 4. The summed E-state index contributed by atoms with van der Waals surface area (Å²) in [6, 6.07) is 9.67. The zero-order valence-electron chi connectivity index (χ0n) is 13.5. The van der Waals surface area contributed by atoms with E-state index in [-0.39, 0.29) is 12.4 Å². The van der Waals surface area contributed by atoms with Crippen LogP contribution in [0.15, 0.2) is 35.5 Å². The average Bonchev–Trinajstić information content (AvgIpc) is 2.46. The molecule has 1 rings (SSSR count). The minimum atomic E-state index is -1.38. The lowest BCUT2D eigenvalue weighted by Gasteiger charge is -2.31. The molecule has 0 aliphatic heterocycles. The van der Waals surface area contributed by atoms with Crippen LogP contribution in [0.1, 0.15) is 33.3 Å². The SMILES string of the molecule is CC(COCc1ccccc1)(NS(=O)C(C)(C)C)/C(N)=N/O. The van der Waals surface area contributed by atoms with E-state index in [1.807, 2.05) is 51.1 Å². The van der Waals surface area contributed by atoms with Gasteiger partial charge in [-0.2, -0.15) is 0 Å². The van der Waals surface area contributed by atoms with Crippen molar-refractivity contribution >= 4 is 16.8 Å². The Bertz CT molecular complexity index is 529. The molecule has 1 aromatic rings. The van der Waals surface area contributed by atoms with Gasteiger partial charge in [-0.3, -0.25) is 0 Å². The maximum absolute atomic E-state index is 12.3. The third kappa shape index (κ3) is 5.40. The summed E-state index contributed by atoms with van der Waals surface area (Å²) in [5, 5.41) is 12.0. The van der Waals surface area contributed by atoms with E-state index in [4.69, 9.17) is 15.7 Å². The molecule has 0 fully saturated rings. The van der Waals surface area contributed by atoms with Crippen LogP contribution in [-0.4, -0.2) is 32.1 Å². The smallest absolute Gasteiger partial charge is 0.162 e. The Kier molecular flexibility index (Phi) is 6.52. The molecule has 0 saturated heterocycles. The third-order valence-corrected chi connectivity index (χ3v) is 4.80. The van der Waals surface area contributed by atoms with Crippen molar-refractivity contribution < 1.29 is 14.2 Å². The van der Waals surface area contributed by atoms with Gasteiger partial charge in [0.2, 0.25) is 0 Å². The Morgan fingerprint density at radius 3 is 2.41 bits per heavy atom. The van der Waals surface area contributed by atoms with Crippen molar-refractivity contribution in [3.05, 3.63) is 35.9 Å². The van der Waals surface area contributed by atoms with Crippen LogP contribution in [0.3, 0.4) is 0 Å². The molecule has 0 saturated carbocycles. The molecule has 7 heteroatoms. The summed E-state index contributed by atoms with van der Waals surface area (Å²) in [6.07, 6.45) is 0. The zero-order chi connectivity index (χ0) is 16.8. The van der Waals surface area contributed by atoms with Crippen molar-refractivity contribution in [2.75, 3.05) is 6.61 Å². The van der Waals surface area contributed by atoms with Crippen molar-refractivity contribution in [1.82, 2.24) is 4.72 Å². The van der Waals surface area contributed by atoms with Gasteiger partial charge >= 0.3 is 0 Å². The number of hydrogen-bond donors (Lipinski definition) is 3. The molecule has 124 valence electrons. The summed E-state index contributed by atoms with van der Waals surface area (Å²) >= 11 is 0. The first-order valence-electron chi connectivity index (χ1n) is 6.98. The number of nitrogens with two attached hydrogens (primary N) is 1. The summed E-state index contributed by atoms with van der Waals surface area (Å²) in [6.45, 7) is 7.73. The highest BCUT2D eigenvalue weighted by Gasteiger charge is 2.35. The molecule has 0 bridgehead atoms. The Hall–Kier alpha value is -1.44. The van der Waals surface area contributed by atoms with Crippen molar-refractivity contribution in [1.29, 1.82) is 0 Å². The first-order valence-corrected chi connectivity index (χ1v) is 8.13. The lowest BCUT2D eigenvalue weighted by Crippen LogP contribution is -2.59. The van der Waals surface area contributed by atoms with E-state index >= 15 is 0 Å². The number of ether oxygens (including phenoxy) is 1. The van der Waals surface area contributed by atoms with Crippen LogP contribution in [0, 0.1) is 0 Å². The van der Waals surface area contributed by atoms with Gasteiger partial charge in [0, 0.05) is 0 Å². The summed E-state index contributed by atoms with van der Waals surface area (Å²) < 4.78 is 20.4. The fourth-order valence-electron chi connectivity index (χ4n) is 1.57. The monoisotopic (exact) mass is 327 g/mol. The molecule has 0 aliphatic carbocycles. The van der Waals surface area contributed by atoms with Gasteiger partial charge < -0.3 is 15.7 Å². The molecule has 2 atom stereocenters. The molecule has 2 unspecified atom stereocenters. The van der Waals surface area contributed by atoms with Gasteiger partial charge in [0.15, 0.2) is 5.84 Å². The van der Waals surface area contributed by atoms with Gasteiger partial charge in [0.1, 0.15) is 5.54 Å². The van der Waals surface area contributed by atoms with Gasteiger partial charge in [-0.05, 0) is 33.3 Å². The molecular weight excluding hydrogens is 302 g/mol. The zero-order valence-corrected chi connectivity index (χ0v) is 14.3. The van der Waals surface area contributed by atoms with Gasteiger partial charge in [0.05, 0.1) is 28.9 Å². The fraction of sp³-hybridized carbons (Fsp3) is 0.533. The van der Waals surface area contributed by atoms with E-state index in [1.165, 1.54) is 0 Å². The maximum atomic E-state index is 12.3. The van der Waals surface area contributed by atoms with Crippen LogP contribution in [0.4, 0.5) is 0 Å². The summed E-state index contributed by atoms with van der Waals surface area (Å²) in [7, 11) is -1.38. The normalized spacial score (nSPS) is 17.0. The van der Waals surface area contributed by atoms with Gasteiger partial charge in [0.25, 0.3) is 0 Å². The van der Waals surface area contributed by atoms with Gasteiger partial charge in [-0.25, -0.2) is 8.93 Å². The molecule has 6 nitrogen and oxygen atoms in total. The van der Waals surface area contributed by atoms with Crippen LogP contribution in [0.2, 0.25) is 0 Å². The summed E-state index contributed by atoms with van der Waals surface area (Å²) in [5.74, 6) is -0.0711. The van der Waals surface area contributed by atoms with Gasteiger partial charge in [-0.1, -0.05) is 35.5 Å². The fourth-order valence-corrected chi connectivity index (χ4v) is 2.45. The standard InChI is InChI=1S/C15H25N3O3S/c1-14(2,3)22(20)18-15(4,13(16)17-19)11-21-10-12-8-6-5-7-9-12/h5-9,18-19H,10-11H2,1-4H3,(H2,16,17). The van der Waals surface area contributed by atoms with Crippen molar-refractivity contribution in [3.8, 4) is 0 Å². The van der Waals surface area contributed by atoms with E-state index in [0.29, 0.717) is 6.61 Å². The van der Waals surface area contributed by atoms with Crippen molar-refractivity contribution in [2.24, 2.45) is 10.9 Å². The molecule has 0 spiro atoms. The molecule has 0 amide bonds. The molecule has 1 aromatic carbocycles. The Balaban J connectivity index is 2.74. The largest absolute Gasteiger partial charge is 0.409 e. The molecule has 0 heterocycles. The van der Waals surface area contributed by atoms with Crippen molar-refractivity contribution in [2.45, 2.75) is 44.6 Å². The van der Waals surface area contributed by atoms with Crippen LogP contribution < -0.4 is 10.5 Å². The first kappa shape index (κ1) is 18.6. The third-order valence-electron chi connectivity index (χ3n) is 3.05. The molecule has 22 heavy (non-hydrogen) atoms. The van der Waals surface area contributed by atoms with Crippen LogP contribution in [-0.2, 0) is 22.3 Å². The predicted octanol–water partition coefficient (Wildman–Crippen LogP) is 1.76. The lowest BCUT2D eigenvalue weighted by molar-refractivity contribution is 0.0926. The number of nitrogens with one attached hydrogen (secondary N) is 1. The molecule has 0 aliphatic rings. The van der Waals surface area contributed by atoms with Crippen LogP contribution in [0.25, 0.3) is 0 Å². The van der Waals surface area contributed by atoms with Gasteiger partial charge in [-0.15, -0.1) is 0 Å². The lowest BCUT2D eigenvalue weighted by atomic mass is 10.0. The average molecular weight is 327 g/mol. The van der Waals surface area contributed by atoms with E-state index in [1.54, 1.807) is 6.92 Å². The van der Waals surface area contributed by atoms with E-state index < -0.39 is 21.3 Å². The molecule has 4 N–H and O–H groups in total. The number of nitrogens with zero attached hydrogens (tertiary/aromatic N) is 1. The van der Waals surface area contributed by atoms with Crippen molar-refractivity contribution in [3.63, 3.8) is 0 Å². The highest BCUT2D eigenvalue weighted by atomic mass is 32.2.